The van der Waals surface area contributed by atoms with Crippen molar-refractivity contribution in [2.45, 2.75) is 52.7 Å². The normalized spacial score (nSPS) is 27.2. The van der Waals surface area contributed by atoms with Crippen LogP contribution in [0.15, 0.2) is 30.3 Å². The van der Waals surface area contributed by atoms with Crippen LogP contribution >= 0.6 is 0 Å². The van der Waals surface area contributed by atoms with Gasteiger partial charge in [-0.25, -0.2) is 4.79 Å². The Labute approximate surface area is 132 Å². The van der Waals surface area contributed by atoms with Crippen molar-refractivity contribution in [2.24, 2.45) is 10.8 Å². The number of carbonyl (C=O) groups is 1. The largest absolute Gasteiger partial charge is 0.445 e. The number of carbonyl (C=O) groups excluding carboxylic acids is 1. The van der Waals surface area contributed by atoms with Gasteiger partial charge in [0.2, 0.25) is 0 Å². The van der Waals surface area contributed by atoms with Gasteiger partial charge in [0.1, 0.15) is 6.61 Å². The third-order valence-electron chi connectivity index (χ3n) is 4.29. The van der Waals surface area contributed by atoms with Crippen LogP contribution in [0.4, 0.5) is 4.79 Å². The van der Waals surface area contributed by atoms with E-state index in [4.69, 9.17) is 4.74 Å². The van der Waals surface area contributed by atoms with Crippen molar-refractivity contribution in [3.8, 4) is 0 Å². The number of aliphatic hydroxyl groups is 1. The summed E-state index contributed by atoms with van der Waals surface area (Å²) in [6.07, 6.45) is 1.82. The van der Waals surface area contributed by atoms with Gasteiger partial charge in [0.25, 0.3) is 0 Å². The molecule has 1 amide bonds. The highest BCUT2D eigenvalue weighted by molar-refractivity contribution is 5.67. The third-order valence-corrected chi connectivity index (χ3v) is 4.29. The lowest BCUT2D eigenvalue weighted by molar-refractivity contribution is -0.00895. The maximum absolute atomic E-state index is 11.8. The Hall–Kier alpha value is -1.55. The predicted molar refractivity (Wildman–Crippen MR) is 86.4 cm³/mol. The lowest BCUT2D eigenvalue weighted by Crippen LogP contribution is -2.45. The lowest BCUT2D eigenvalue weighted by Gasteiger charge is -2.45. The molecule has 0 spiro atoms. The van der Waals surface area contributed by atoms with Gasteiger partial charge in [-0.15, -0.1) is 0 Å². The van der Waals surface area contributed by atoms with Crippen LogP contribution in [0.2, 0.25) is 0 Å². The van der Waals surface area contributed by atoms with Crippen molar-refractivity contribution in [2.75, 3.05) is 6.54 Å². The van der Waals surface area contributed by atoms with Crippen molar-refractivity contribution in [1.82, 2.24) is 5.32 Å². The Morgan fingerprint density at radius 3 is 2.59 bits per heavy atom. The first-order valence-electron chi connectivity index (χ1n) is 7.91. The number of amides is 1. The SMILES string of the molecule is CC1(C)CC(O)CC(C)(CNC(=O)OCc2ccccc2)C1. The Balaban J connectivity index is 1.80. The summed E-state index contributed by atoms with van der Waals surface area (Å²) in [7, 11) is 0. The number of benzene rings is 1. The molecule has 2 rings (SSSR count). The van der Waals surface area contributed by atoms with E-state index in [9.17, 15) is 9.90 Å². The zero-order valence-electron chi connectivity index (χ0n) is 13.8. The number of nitrogens with one attached hydrogen (secondary N) is 1. The van der Waals surface area contributed by atoms with Crippen molar-refractivity contribution in [1.29, 1.82) is 0 Å². The van der Waals surface area contributed by atoms with E-state index < -0.39 is 6.09 Å². The van der Waals surface area contributed by atoms with Gasteiger partial charge in [-0.05, 0) is 35.7 Å². The van der Waals surface area contributed by atoms with Crippen LogP contribution in [0.25, 0.3) is 0 Å². The van der Waals surface area contributed by atoms with Crippen LogP contribution in [0.5, 0.6) is 0 Å². The number of ether oxygens (including phenoxy) is 1. The molecule has 1 saturated carbocycles. The van der Waals surface area contributed by atoms with Crippen LogP contribution in [-0.2, 0) is 11.3 Å². The van der Waals surface area contributed by atoms with E-state index in [0.717, 1.165) is 24.8 Å². The molecule has 1 aliphatic rings. The molecule has 1 aromatic rings. The van der Waals surface area contributed by atoms with Crippen LogP contribution in [0.1, 0.15) is 45.6 Å². The van der Waals surface area contributed by atoms with Gasteiger partial charge in [0.05, 0.1) is 6.10 Å². The standard InChI is InChI=1S/C18H27NO3/c1-17(2)9-15(20)10-18(3,12-17)13-19-16(21)22-11-14-7-5-4-6-8-14/h4-8,15,20H,9-13H2,1-3H3,(H,19,21). The first-order chi connectivity index (χ1) is 10.3. The maximum atomic E-state index is 11.8. The van der Waals surface area contributed by atoms with Crippen LogP contribution in [0.3, 0.4) is 0 Å². The summed E-state index contributed by atoms with van der Waals surface area (Å²) in [5, 5.41) is 12.9. The molecule has 1 aliphatic carbocycles. The summed E-state index contributed by atoms with van der Waals surface area (Å²) in [6, 6.07) is 9.62. The number of hydrogen-bond acceptors (Lipinski definition) is 3. The van der Waals surface area contributed by atoms with Gasteiger partial charge < -0.3 is 15.2 Å². The minimum Gasteiger partial charge on any atom is -0.445 e. The summed E-state index contributed by atoms with van der Waals surface area (Å²) in [5.74, 6) is 0. The lowest BCUT2D eigenvalue weighted by atomic mass is 9.63. The average Bonchev–Trinajstić information content (AvgIpc) is 2.41. The summed E-state index contributed by atoms with van der Waals surface area (Å²) in [4.78, 5) is 11.8. The van der Waals surface area contributed by atoms with E-state index in [0.29, 0.717) is 6.54 Å². The van der Waals surface area contributed by atoms with Crippen molar-refractivity contribution < 1.29 is 14.6 Å². The van der Waals surface area contributed by atoms with Crippen LogP contribution in [0, 0.1) is 10.8 Å². The predicted octanol–water partition coefficient (Wildman–Crippen LogP) is 3.49. The molecule has 0 bridgehead atoms. The van der Waals surface area contributed by atoms with Crippen LogP contribution < -0.4 is 5.32 Å². The van der Waals surface area contributed by atoms with Gasteiger partial charge in [0, 0.05) is 6.54 Å². The molecule has 2 N–H and O–H groups in total. The Bertz CT molecular complexity index is 500. The zero-order valence-corrected chi connectivity index (χ0v) is 13.8. The highest BCUT2D eigenvalue weighted by Gasteiger charge is 2.40. The smallest absolute Gasteiger partial charge is 0.407 e. The van der Waals surface area contributed by atoms with E-state index in [1.54, 1.807) is 0 Å². The minimum absolute atomic E-state index is 0.0903. The molecule has 2 atom stereocenters. The highest BCUT2D eigenvalue weighted by atomic mass is 16.5. The second kappa shape index (κ2) is 6.69. The van der Waals surface area contributed by atoms with E-state index >= 15 is 0 Å². The number of hydrogen-bond donors (Lipinski definition) is 2. The fourth-order valence-corrected chi connectivity index (χ4v) is 3.77. The molecular formula is C18H27NO3. The second-order valence-electron chi connectivity index (χ2n) is 7.63. The summed E-state index contributed by atoms with van der Waals surface area (Å²) < 4.78 is 5.23. The molecule has 2 unspecified atom stereocenters. The fraction of sp³-hybridized carbons (Fsp3) is 0.611. The molecule has 1 fully saturated rings. The average molecular weight is 305 g/mol. The van der Waals surface area contributed by atoms with E-state index in [-0.39, 0.29) is 23.5 Å². The number of rotatable bonds is 4. The minimum atomic E-state index is -0.400. The molecule has 4 heteroatoms. The third kappa shape index (κ3) is 5.02. The Morgan fingerprint density at radius 2 is 1.95 bits per heavy atom. The molecule has 0 heterocycles. The Kier molecular flexibility index (Phi) is 5.12. The monoisotopic (exact) mass is 305 g/mol. The van der Waals surface area contributed by atoms with Gasteiger partial charge in [-0.1, -0.05) is 51.1 Å². The van der Waals surface area contributed by atoms with E-state index in [1.165, 1.54) is 0 Å². The van der Waals surface area contributed by atoms with Gasteiger partial charge in [0.15, 0.2) is 0 Å². The van der Waals surface area contributed by atoms with Gasteiger partial charge in [-0.3, -0.25) is 0 Å². The first kappa shape index (κ1) is 16.8. The number of aliphatic hydroxyl groups excluding tert-OH is 1. The van der Waals surface area contributed by atoms with Crippen LogP contribution in [-0.4, -0.2) is 23.8 Å². The van der Waals surface area contributed by atoms with E-state index in [2.05, 4.69) is 26.1 Å². The Morgan fingerprint density at radius 1 is 1.27 bits per heavy atom. The molecule has 4 nitrogen and oxygen atoms in total. The molecule has 0 aliphatic heterocycles. The number of alkyl carbamates (subject to hydrolysis) is 1. The maximum Gasteiger partial charge on any atom is 0.407 e. The highest BCUT2D eigenvalue weighted by Crippen LogP contribution is 2.45. The summed E-state index contributed by atoms with van der Waals surface area (Å²) >= 11 is 0. The fourth-order valence-electron chi connectivity index (χ4n) is 3.77. The zero-order chi connectivity index (χ0) is 16.2. The molecular weight excluding hydrogens is 278 g/mol. The van der Waals surface area contributed by atoms with Crippen molar-refractivity contribution >= 4 is 6.09 Å². The van der Waals surface area contributed by atoms with E-state index in [1.807, 2.05) is 30.3 Å². The topological polar surface area (TPSA) is 58.6 Å². The summed E-state index contributed by atoms with van der Waals surface area (Å²) in [5.41, 5.74) is 0.979. The van der Waals surface area contributed by atoms with Gasteiger partial charge in [-0.2, -0.15) is 0 Å². The molecule has 122 valence electrons. The molecule has 0 aromatic heterocycles. The molecule has 0 radical (unpaired) electrons. The first-order valence-corrected chi connectivity index (χ1v) is 7.91. The summed E-state index contributed by atoms with van der Waals surface area (Å²) in [6.45, 7) is 7.26. The molecule has 0 saturated heterocycles. The van der Waals surface area contributed by atoms with Crippen molar-refractivity contribution in [3.05, 3.63) is 35.9 Å². The molecule has 22 heavy (non-hydrogen) atoms. The quantitative estimate of drug-likeness (QED) is 0.895. The van der Waals surface area contributed by atoms with Gasteiger partial charge >= 0.3 is 6.09 Å². The van der Waals surface area contributed by atoms with Crippen molar-refractivity contribution in [3.63, 3.8) is 0 Å². The molecule has 1 aromatic carbocycles. The second-order valence-corrected chi connectivity index (χ2v) is 7.63.